The molecule has 0 N–H and O–H groups in total. The first-order chi connectivity index (χ1) is 7.54. The monoisotopic (exact) mass is 274 g/mol. The summed E-state index contributed by atoms with van der Waals surface area (Å²) in [5.41, 5.74) is -5.28. The first-order valence-corrected chi connectivity index (χ1v) is 6.94. The molecule has 0 heterocycles. The van der Waals surface area contributed by atoms with Crippen molar-refractivity contribution < 1.29 is 25.8 Å². The van der Waals surface area contributed by atoms with Gasteiger partial charge in [0.05, 0.1) is 6.10 Å². The molecule has 1 aliphatic carbocycles. The number of hydrogen-bond donors (Lipinski definition) is 0. The Bertz CT molecular complexity index is 359. The first kappa shape index (κ1) is 14.8. The molecule has 0 amide bonds. The summed E-state index contributed by atoms with van der Waals surface area (Å²) in [6.45, 7) is 4.04. The highest BCUT2D eigenvalue weighted by molar-refractivity contribution is 7.87. The second-order valence-corrected chi connectivity index (χ2v) is 6.78. The van der Waals surface area contributed by atoms with Gasteiger partial charge < -0.3 is 0 Å². The molecule has 7 heteroatoms. The lowest BCUT2D eigenvalue weighted by Crippen LogP contribution is -2.30. The molecule has 1 atom stereocenters. The molecule has 102 valence electrons. The van der Waals surface area contributed by atoms with Crippen LogP contribution in [-0.4, -0.2) is 20.0 Å². The van der Waals surface area contributed by atoms with Crippen molar-refractivity contribution in [1.29, 1.82) is 0 Å². The summed E-state index contributed by atoms with van der Waals surface area (Å²) >= 11 is 0. The number of halogens is 3. The standard InChI is InChI=1S/C10H17F3O3S/c1-9(2)6-3-4-8(5-7-9)16-17(14,15)10(11,12)13/h8H,3-7H2,1-2H3. The average molecular weight is 274 g/mol. The minimum Gasteiger partial charge on any atom is -0.260 e. The van der Waals surface area contributed by atoms with Crippen LogP contribution in [0.4, 0.5) is 13.2 Å². The van der Waals surface area contributed by atoms with Crippen molar-refractivity contribution in [3.8, 4) is 0 Å². The van der Waals surface area contributed by atoms with Crippen LogP contribution in [-0.2, 0) is 14.3 Å². The van der Waals surface area contributed by atoms with E-state index in [9.17, 15) is 21.6 Å². The molecule has 1 rings (SSSR count). The van der Waals surface area contributed by atoms with Gasteiger partial charge in [0.1, 0.15) is 0 Å². The molecule has 0 saturated heterocycles. The average Bonchev–Trinajstić information content (AvgIpc) is 2.25. The fourth-order valence-corrected chi connectivity index (χ4v) is 2.62. The zero-order chi connectivity index (χ0) is 13.3. The number of hydrogen-bond acceptors (Lipinski definition) is 3. The summed E-state index contributed by atoms with van der Waals surface area (Å²) in [4.78, 5) is 0. The topological polar surface area (TPSA) is 43.4 Å². The van der Waals surface area contributed by atoms with Gasteiger partial charge in [0.25, 0.3) is 0 Å². The van der Waals surface area contributed by atoms with E-state index >= 15 is 0 Å². The van der Waals surface area contributed by atoms with Gasteiger partial charge in [-0.05, 0) is 31.1 Å². The van der Waals surface area contributed by atoms with E-state index in [0.29, 0.717) is 25.7 Å². The fourth-order valence-electron chi connectivity index (χ4n) is 1.96. The number of rotatable bonds is 2. The smallest absolute Gasteiger partial charge is 0.260 e. The predicted molar refractivity (Wildman–Crippen MR) is 56.7 cm³/mol. The minimum absolute atomic E-state index is 0.0418. The Morgan fingerprint density at radius 1 is 1.18 bits per heavy atom. The summed E-state index contributed by atoms with van der Waals surface area (Å²) in [6.07, 6.45) is 2.10. The van der Waals surface area contributed by atoms with Gasteiger partial charge in [0.2, 0.25) is 0 Å². The maximum atomic E-state index is 12.1. The molecule has 1 saturated carbocycles. The third-order valence-electron chi connectivity index (χ3n) is 3.07. The minimum atomic E-state index is -5.45. The van der Waals surface area contributed by atoms with Gasteiger partial charge in [0, 0.05) is 0 Å². The molecule has 17 heavy (non-hydrogen) atoms. The van der Waals surface area contributed by atoms with Crippen LogP contribution in [0.15, 0.2) is 0 Å². The normalized spacial score (nSPS) is 26.5. The lowest BCUT2D eigenvalue weighted by molar-refractivity contribution is -0.0578. The third kappa shape index (κ3) is 4.13. The Balaban J connectivity index is 2.65. The molecule has 0 spiro atoms. The van der Waals surface area contributed by atoms with E-state index < -0.39 is 21.7 Å². The summed E-state index contributed by atoms with van der Waals surface area (Å²) in [6, 6.07) is 0. The molecule has 0 aromatic rings. The molecule has 1 fully saturated rings. The Hall–Kier alpha value is -0.300. The third-order valence-corrected chi connectivity index (χ3v) is 4.16. The predicted octanol–water partition coefficient (Wildman–Crippen LogP) is 3.21. The van der Waals surface area contributed by atoms with Crippen LogP contribution in [0.5, 0.6) is 0 Å². The zero-order valence-electron chi connectivity index (χ0n) is 9.88. The van der Waals surface area contributed by atoms with Crippen molar-refractivity contribution in [3.05, 3.63) is 0 Å². The summed E-state index contributed by atoms with van der Waals surface area (Å²) < 4.78 is 62.3. The number of alkyl halides is 3. The highest BCUT2D eigenvalue weighted by atomic mass is 32.2. The second kappa shape index (κ2) is 4.76. The Morgan fingerprint density at radius 3 is 2.29 bits per heavy atom. The van der Waals surface area contributed by atoms with Crippen LogP contribution < -0.4 is 0 Å². The quantitative estimate of drug-likeness (QED) is 0.441. The van der Waals surface area contributed by atoms with Crippen molar-refractivity contribution in [2.45, 2.75) is 57.6 Å². The molecule has 0 aromatic carbocycles. The second-order valence-electron chi connectivity index (χ2n) is 5.21. The van der Waals surface area contributed by atoms with E-state index in [-0.39, 0.29) is 5.41 Å². The SMILES string of the molecule is CC1(C)CCCC(OS(=O)(=O)C(F)(F)F)CC1. The van der Waals surface area contributed by atoms with Crippen LogP contribution in [0.2, 0.25) is 0 Å². The summed E-state index contributed by atoms with van der Waals surface area (Å²) in [5, 5.41) is 0. The van der Waals surface area contributed by atoms with Crippen molar-refractivity contribution >= 4 is 10.1 Å². The molecule has 0 aliphatic heterocycles. The maximum Gasteiger partial charge on any atom is 0.523 e. The van der Waals surface area contributed by atoms with E-state index in [1.54, 1.807) is 0 Å². The maximum absolute atomic E-state index is 12.1. The largest absolute Gasteiger partial charge is 0.523 e. The lowest BCUT2D eigenvalue weighted by atomic mass is 9.85. The van der Waals surface area contributed by atoms with E-state index in [1.165, 1.54) is 0 Å². The van der Waals surface area contributed by atoms with E-state index in [4.69, 9.17) is 0 Å². The first-order valence-electron chi connectivity index (χ1n) is 5.53. The zero-order valence-corrected chi connectivity index (χ0v) is 10.7. The molecule has 0 radical (unpaired) electrons. The Kier molecular flexibility index (Phi) is 4.13. The van der Waals surface area contributed by atoms with Gasteiger partial charge >= 0.3 is 15.6 Å². The van der Waals surface area contributed by atoms with Gasteiger partial charge in [-0.1, -0.05) is 20.3 Å². The van der Waals surface area contributed by atoms with E-state index in [1.807, 2.05) is 13.8 Å². The molecule has 3 nitrogen and oxygen atoms in total. The lowest BCUT2D eigenvalue weighted by Gasteiger charge is -2.21. The van der Waals surface area contributed by atoms with Crippen molar-refractivity contribution in [3.63, 3.8) is 0 Å². The van der Waals surface area contributed by atoms with Crippen LogP contribution in [0.3, 0.4) is 0 Å². The molecule has 1 aliphatic rings. The van der Waals surface area contributed by atoms with Gasteiger partial charge in [-0.2, -0.15) is 21.6 Å². The van der Waals surface area contributed by atoms with Gasteiger partial charge in [-0.25, -0.2) is 0 Å². The molecule has 1 unspecified atom stereocenters. The molecule has 0 aromatic heterocycles. The van der Waals surface area contributed by atoms with Crippen LogP contribution in [0.25, 0.3) is 0 Å². The van der Waals surface area contributed by atoms with Crippen molar-refractivity contribution in [1.82, 2.24) is 0 Å². The molecule has 0 bridgehead atoms. The van der Waals surface area contributed by atoms with E-state index in [0.717, 1.165) is 6.42 Å². The van der Waals surface area contributed by atoms with E-state index in [2.05, 4.69) is 4.18 Å². The fraction of sp³-hybridized carbons (Fsp3) is 1.00. The molecular weight excluding hydrogens is 257 g/mol. The summed E-state index contributed by atoms with van der Waals surface area (Å²) in [5.74, 6) is 0. The van der Waals surface area contributed by atoms with Gasteiger partial charge in [0.15, 0.2) is 0 Å². The van der Waals surface area contributed by atoms with Crippen LogP contribution >= 0.6 is 0 Å². The van der Waals surface area contributed by atoms with Crippen LogP contribution in [0, 0.1) is 5.41 Å². The van der Waals surface area contributed by atoms with Gasteiger partial charge in [-0.15, -0.1) is 0 Å². The van der Waals surface area contributed by atoms with Crippen molar-refractivity contribution in [2.75, 3.05) is 0 Å². The Morgan fingerprint density at radius 2 is 1.76 bits per heavy atom. The van der Waals surface area contributed by atoms with Gasteiger partial charge in [-0.3, -0.25) is 4.18 Å². The van der Waals surface area contributed by atoms with Crippen LogP contribution in [0.1, 0.15) is 46.0 Å². The summed E-state index contributed by atoms with van der Waals surface area (Å²) in [7, 11) is -5.45. The molecular formula is C10H17F3O3S. The highest BCUT2D eigenvalue weighted by Crippen LogP contribution is 2.36. The van der Waals surface area contributed by atoms with Crippen molar-refractivity contribution in [2.24, 2.45) is 5.41 Å². The highest BCUT2D eigenvalue weighted by Gasteiger charge is 2.48. The Labute approximate surface area is 99.5 Å².